The van der Waals surface area contributed by atoms with Crippen LogP contribution in [0.1, 0.15) is 0 Å². The van der Waals surface area contributed by atoms with Gasteiger partial charge in [-0.2, -0.15) is 5.10 Å². The van der Waals surface area contributed by atoms with Crippen LogP contribution in [0.3, 0.4) is 0 Å². The highest BCUT2D eigenvalue weighted by atomic mass is 35.5. The molecule has 3 heterocycles. The fraction of sp³-hybridized carbons (Fsp3) is 0.0417. The number of benzene rings is 2. The SMILES string of the molecule is Cn1cc(-c2cc(-c3ccc(F)cc3)ncc2Oc2cc(F)c(SNc3cscn3)cc2Cl)cn1. The van der Waals surface area contributed by atoms with Crippen LogP contribution in [-0.2, 0) is 7.05 Å². The highest BCUT2D eigenvalue weighted by Gasteiger charge is 2.17. The lowest BCUT2D eigenvalue weighted by atomic mass is 10.1. The van der Waals surface area contributed by atoms with Crippen molar-refractivity contribution in [3.8, 4) is 33.9 Å². The predicted octanol–water partition coefficient (Wildman–Crippen LogP) is 7.45. The minimum absolute atomic E-state index is 0.142. The van der Waals surface area contributed by atoms with E-state index in [1.54, 1.807) is 35.6 Å². The molecule has 3 aromatic heterocycles. The Hall–Kier alpha value is -3.47. The van der Waals surface area contributed by atoms with Gasteiger partial charge in [-0.3, -0.25) is 9.67 Å². The van der Waals surface area contributed by atoms with Crippen molar-refractivity contribution in [1.82, 2.24) is 19.7 Å². The maximum absolute atomic E-state index is 14.8. The van der Waals surface area contributed by atoms with Crippen LogP contribution in [-0.4, -0.2) is 19.7 Å². The summed E-state index contributed by atoms with van der Waals surface area (Å²) in [5, 5.41) is 6.27. The summed E-state index contributed by atoms with van der Waals surface area (Å²) in [6.45, 7) is 0. The van der Waals surface area contributed by atoms with Crippen molar-refractivity contribution < 1.29 is 13.5 Å². The molecule has 0 aliphatic carbocycles. The molecule has 35 heavy (non-hydrogen) atoms. The number of aromatic nitrogens is 4. The zero-order valence-corrected chi connectivity index (χ0v) is 20.5. The third-order valence-electron chi connectivity index (χ3n) is 4.93. The lowest BCUT2D eigenvalue weighted by Crippen LogP contribution is -1.95. The summed E-state index contributed by atoms with van der Waals surface area (Å²) in [7, 11) is 1.80. The van der Waals surface area contributed by atoms with Gasteiger partial charge < -0.3 is 9.46 Å². The number of ether oxygens (including phenoxy) is 1. The number of anilines is 1. The van der Waals surface area contributed by atoms with Gasteiger partial charge in [0.2, 0.25) is 0 Å². The molecule has 176 valence electrons. The first-order chi connectivity index (χ1) is 17.0. The number of aryl methyl sites for hydroxylation is 1. The van der Waals surface area contributed by atoms with Gasteiger partial charge in [0.25, 0.3) is 0 Å². The Morgan fingerprint density at radius 1 is 1.03 bits per heavy atom. The summed E-state index contributed by atoms with van der Waals surface area (Å²) in [5.41, 5.74) is 4.48. The number of pyridine rings is 1. The summed E-state index contributed by atoms with van der Waals surface area (Å²) in [5.74, 6) is 0.302. The molecule has 0 spiro atoms. The second-order valence-corrected chi connectivity index (χ2v) is 9.34. The Labute approximate surface area is 212 Å². The Morgan fingerprint density at radius 3 is 2.57 bits per heavy atom. The lowest BCUT2D eigenvalue weighted by Gasteiger charge is -2.14. The summed E-state index contributed by atoms with van der Waals surface area (Å²) in [6, 6.07) is 10.6. The number of nitrogens with one attached hydrogen (secondary N) is 1. The van der Waals surface area contributed by atoms with Gasteiger partial charge in [-0.1, -0.05) is 11.6 Å². The minimum Gasteiger partial charge on any atom is -0.453 e. The van der Waals surface area contributed by atoms with E-state index in [4.69, 9.17) is 16.3 Å². The third kappa shape index (κ3) is 5.29. The van der Waals surface area contributed by atoms with Crippen molar-refractivity contribution in [2.75, 3.05) is 4.72 Å². The van der Waals surface area contributed by atoms with Gasteiger partial charge in [0.1, 0.15) is 23.2 Å². The van der Waals surface area contributed by atoms with E-state index in [9.17, 15) is 8.78 Å². The summed E-state index contributed by atoms with van der Waals surface area (Å²) >= 11 is 8.94. The average molecular weight is 528 g/mol. The number of thiazole rings is 1. The fourth-order valence-electron chi connectivity index (χ4n) is 3.24. The Morgan fingerprint density at radius 2 is 1.86 bits per heavy atom. The molecule has 0 aliphatic heterocycles. The second-order valence-electron chi connectivity index (χ2n) is 7.37. The van der Waals surface area contributed by atoms with Crippen molar-refractivity contribution in [1.29, 1.82) is 0 Å². The van der Waals surface area contributed by atoms with Gasteiger partial charge in [0.15, 0.2) is 5.75 Å². The van der Waals surface area contributed by atoms with Gasteiger partial charge in [-0.25, -0.2) is 13.8 Å². The lowest BCUT2D eigenvalue weighted by molar-refractivity contribution is 0.474. The van der Waals surface area contributed by atoms with Crippen LogP contribution in [0, 0.1) is 11.6 Å². The van der Waals surface area contributed by atoms with Crippen LogP contribution < -0.4 is 9.46 Å². The molecule has 0 radical (unpaired) electrons. The zero-order valence-electron chi connectivity index (χ0n) is 18.1. The van der Waals surface area contributed by atoms with Crippen LogP contribution in [0.25, 0.3) is 22.4 Å². The maximum Gasteiger partial charge on any atom is 0.153 e. The Kier molecular flexibility index (Phi) is 6.67. The van der Waals surface area contributed by atoms with E-state index in [-0.39, 0.29) is 16.6 Å². The third-order valence-corrected chi connectivity index (χ3v) is 6.65. The van der Waals surface area contributed by atoms with Crippen molar-refractivity contribution in [3.63, 3.8) is 0 Å². The highest BCUT2D eigenvalue weighted by Crippen LogP contribution is 2.39. The average Bonchev–Trinajstić information content (AvgIpc) is 3.53. The molecule has 0 aliphatic rings. The van der Waals surface area contributed by atoms with Crippen LogP contribution in [0.2, 0.25) is 5.02 Å². The van der Waals surface area contributed by atoms with E-state index in [2.05, 4.69) is 19.8 Å². The minimum atomic E-state index is -0.504. The van der Waals surface area contributed by atoms with Crippen LogP contribution in [0.4, 0.5) is 14.6 Å². The zero-order chi connectivity index (χ0) is 24.4. The van der Waals surface area contributed by atoms with Gasteiger partial charge in [0.05, 0.1) is 33.5 Å². The molecule has 0 unspecified atom stereocenters. The molecule has 6 nitrogen and oxygen atoms in total. The number of halogens is 3. The van der Waals surface area contributed by atoms with E-state index in [1.165, 1.54) is 41.8 Å². The van der Waals surface area contributed by atoms with E-state index in [0.29, 0.717) is 27.7 Å². The highest BCUT2D eigenvalue weighted by molar-refractivity contribution is 8.00. The quantitative estimate of drug-likeness (QED) is 0.222. The summed E-state index contributed by atoms with van der Waals surface area (Å²) in [6.07, 6.45) is 5.03. The van der Waals surface area contributed by atoms with Crippen molar-refractivity contribution in [2.24, 2.45) is 7.05 Å². The monoisotopic (exact) mass is 527 g/mol. The predicted molar refractivity (Wildman–Crippen MR) is 135 cm³/mol. The van der Waals surface area contributed by atoms with E-state index in [0.717, 1.165) is 23.1 Å². The molecule has 0 amide bonds. The van der Waals surface area contributed by atoms with Gasteiger partial charge in [0, 0.05) is 41.4 Å². The molecule has 2 aromatic carbocycles. The van der Waals surface area contributed by atoms with E-state index < -0.39 is 5.82 Å². The molecule has 5 aromatic rings. The van der Waals surface area contributed by atoms with Crippen molar-refractivity contribution >= 4 is 40.7 Å². The molecule has 0 bridgehead atoms. The molecule has 0 atom stereocenters. The molecule has 5 rings (SSSR count). The topological polar surface area (TPSA) is 64.9 Å². The summed E-state index contributed by atoms with van der Waals surface area (Å²) in [4.78, 5) is 8.87. The summed E-state index contributed by atoms with van der Waals surface area (Å²) < 4.78 is 38.9. The van der Waals surface area contributed by atoms with E-state index >= 15 is 0 Å². The fourth-order valence-corrected chi connectivity index (χ4v) is 4.73. The van der Waals surface area contributed by atoms with Gasteiger partial charge >= 0.3 is 0 Å². The maximum atomic E-state index is 14.8. The molecule has 0 saturated heterocycles. The molecule has 0 saturated carbocycles. The van der Waals surface area contributed by atoms with Crippen LogP contribution in [0.5, 0.6) is 11.5 Å². The first-order valence-corrected chi connectivity index (χ1v) is 12.3. The molecule has 1 N–H and O–H groups in total. The number of hydrogen-bond acceptors (Lipinski definition) is 7. The molecular formula is C24H16ClF2N5OS2. The van der Waals surface area contributed by atoms with Crippen LogP contribution >= 0.6 is 34.9 Å². The standard InChI is InChI=1S/C24H16ClF2N5OS2/c1-32-11-15(9-30-32)17-6-20(14-2-4-16(26)5-3-14)28-10-22(17)33-21-8-19(27)23(7-18(21)25)35-31-24-12-34-13-29-24/h2-13,31H,1H3. The van der Waals surface area contributed by atoms with Gasteiger partial charge in [-0.05, 0) is 48.3 Å². The number of nitrogens with zero attached hydrogens (tertiary/aromatic N) is 4. The molecule has 0 fully saturated rings. The number of hydrogen-bond donors (Lipinski definition) is 1. The molecule has 11 heteroatoms. The largest absolute Gasteiger partial charge is 0.453 e. The normalized spacial score (nSPS) is 11.0. The first kappa shape index (κ1) is 23.3. The van der Waals surface area contributed by atoms with Crippen LogP contribution in [0.15, 0.2) is 76.8 Å². The number of rotatable bonds is 7. The van der Waals surface area contributed by atoms with Crippen molar-refractivity contribution in [3.05, 3.63) is 88.6 Å². The Balaban J connectivity index is 1.47. The first-order valence-electron chi connectivity index (χ1n) is 10.2. The second kappa shape index (κ2) is 10.0. The Bertz CT molecular complexity index is 1480. The van der Waals surface area contributed by atoms with Gasteiger partial charge in [-0.15, -0.1) is 11.3 Å². The van der Waals surface area contributed by atoms with E-state index in [1.807, 2.05) is 17.6 Å². The molecular weight excluding hydrogens is 512 g/mol. The van der Waals surface area contributed by atoms with Crippen molar-refractivity contribution in [2.45, 2.75) is 4.90 Å². The smallest absolute Gasteiger partial charge is 0.153 e.